The maximum absolute atomic E-state index is 12.3. The fourth-order valence-corrected chi connectivity index (χ4v) is 5.00. The van der Waals surface area contributed by atoms with Crippen molar-refractivity contribution < 1.29 is 13.2 Å². The summed E-state index contributed by atoms with van der Waals surface area (Å²) in [5, 5.41) is -0.660. The van der Waals surface area contributed by atoms with Crippen LogP contribution in [0.3, 0.4) is 0 Å². The Bertz CT molecular complexity index is 397. The Balaban J connectivity index is 2.93. The molecule has 0 aromatic carbocycles. The average molecular weight is 358 g/mol. The molecule has 0 radical (unpaired) electrons. The van der Waals surface area contributed by atoms with Crippen molar-refractivity contribution in [2.45, 2.75) is 31.0 Å². The predicted octanol–water partition coefficient (Wildman–Crippen LogP) is 1.74. The number of rotatable bonds is 4. The summed E-state index contributed by atoms with van der Waals surface area (Å²) < 4.78 is 24.1. The van der Waals surface area contributed by atoms with Gasteiger partial charge < -0.3 is 4.90 Å². The number of carbonyl (C=O) groups excluding carboxylic acids is 1. The topological polar surface area (TPSA) is 54.5 Å². The maximum atomic E-state index is 12.3. The van der Waals surface area contributed by atoms with Crippen LogP contribution in [0.15, 0.2) is 0 Å². The van der Waals surface area contributed by atoms with Gasteiger partial charge in [-0.3, -0.25) is 4.79 Å². The van der Waals surface area contributed by atoms with Gasteiger partial charge >= 0.3 is 0 Å². The first-order chi connectivity index (χ1) is 8.31. The molecule has 18 heavy (non-hydrogen) atoms. The van der Waals surface area contributed by atoms with Crippen molar-refractivity contribution in [1.29, 1.82) is 0 Å². The van der Waals surface area contributed by atoms with Crippen LogP contribution in [0.25, 0.3) is 0 Å². The van der Waals surface area contributed by atoms with Crippen molar-refractivity contribution in [2.24, 2.45) is 5.92 Å². The van der Waals surface area contributed by atoms with Crippen LogP contribution in [0.2, 0.25) is 0 Å². The summed E-state index contributed by atoms with van der Waals surface area (Å²) in [4.78, 5) is 13.5. The molecule has 1 rings (SSSR count). The van der Waals surface area contributed by atoms with Crippen molar-refractivity contribution in [3.63, 3.8) is 0 Å². The minimum atomic E-state index is -3.21. The highest BCUT2D eigenvalue weighted by Crippen LogP contribution is 2.25. The van der Waals surface area contributed by atoms with Gasteiger partial charge in [0.1, 0.15) is 5.37 Å². The summed E-state index contributed by atoms with van der Waals surface area (Å²) in [6, 6.07) is 0. The molecule has 1 heterocycles. The van der Waals surface area contributed by atoms with Crippen LogP contribution in [0, 0.1) is 5.92 Å². The number of carbonyl (C=O) groups is 1. The van der Waals surface area contributed by atoms with Crippen LogP contribution in [0.4, 0.5) is 0 Å². The third kappa shape index (κ3) is 3.63. The quantitative estimate of drug-likeness (QED) is 0.719. The molecule has 0 spiro atoms. The van der Waals surface area contributed by atoms with Gasteiger partial charge in [0.2, 0.25) is 5.91 Å². The van der Waals surface area contributed by atoms with Gasteiger partial charge in [-0.25, -0.2) is 8.42 Å². The summed E-state index contributed by atoms with van der Waals surface area (Å²) in [5.74, 6) is 1.42. The number of thioether (sulfide) groups is 1. The van der Waals surface area contributed by atoms with Crippen LogP contribution in [-0.2, 0) is 14.6 Å². The van der Waals surface area contributed by atoms with Gasteiger partial charge in [0.25, 0.3) is 0 Å². The number of amides is 1. The second-order valence-corrected chi connectivity index (χ2v) is 9.24. The summed E-state index contributed by atoms with van der Waals surface area (Å²) in [6.45, 7) is 6.03. The van der Waals surface area contributed by atoms with E-state index in [0.717, 1.165) is 5.75 Å². The van der Waals surface area contributed by atoms with E-state index in [0.29, 0.717) is 12.3 Å². The molecule has 1 amide bonds. The number of nitrogens with zero attached hydrogens (tertiary/aromatic N) is 1. The number of alkyl halides is 1. The first-order valence-electron chi connectivity index (χ1n) is 6.05. The van der Waals surface area contributed by atoms with E-state index in [1.807, 2.05) is 13.8 Å². The molecule has 106 valence electrons. The Morgan fingerprint density at radius 3 is 2.61 bits per heavy atom. The highest BCUT2D eigenvalue weighted by Gasteiger charge is 2.38. The highest BCUT2D eigenvalue weighted by atomic mass is 79.9. The largest absolute Gasteiger partial charge is 0.323 e. The number of hydrogen-bond acceptors (Lipinski definition) is 4. The fraction of sp³-hybridized carbons (Fsp3) is 0.909. The standard InChI is InChI=1S/C11H20BrNO3S2/c1-4-18(15,16)9-7-17-6-5-13(9)11(14)10(12)8(2)3/h8-10H,4-7H2,1-3H3. The number of halogens is 1. The summed E-state index contributed by atoms with van der Waals surface area (Å²) >= 11 is 4.96. The maximum Gasteiger partial charge on any atom is 0.237 e. The van der Waals surface area contributed by atoms with E-state index in [1.165, 1.54) is 4.90 Å². The lowest BCUT2D eigenvalue weighted by molar-refractivity contribution is -0.131. The number of sulfone groups is 1. The Kier molecular flexibility index (Phi) is 5.99. The molecule has 1 saturated heterocycles. The lowest BCUT2D eigenvalue weighted by Crippen LogP contribution is -2.53. The molecule has 0 bridgehead atoms. The van der Waals surface area contributed by atoms with E-state index in [9.17, 15) is 13.2 Å². The van der Waals surface area contributed by atoms with Gasteiger partial charge in [-0.15, -0.1) is 0 Å². The smallest absolute Gasteiger partial charge is 0.237 e. The highest BCUT2D eigenvalue weighted by molar-refractivity contribution is 9.10. The van der Waals surface area contributed by atoms with E-state index in [1.54, 1.807) is 18.7 Å². The second-order valence-electron chi connectivity index (χ2n) is 4.66. The van der Waals surface area contributed by atoms with Crippen molar-refractivity contribution in [1.82, 2.24) is 4.90 Å². The molecular weight excluding hydrogens is 338 g/mol. The first-order valence-corrected chi connectivity index (χ1v) is 9.83. The molecule has 0 aromatic rings. The van der Waals surface area contributed by atoms with Crippen LogP contribution in [0.1, 0.15) is 20.8 Å². The predicted molar refractivity (Wildman–Crippen MR) is 79.8 cm³/mol. The van der Waals surface area contributed by atoms with E-state index in [2.05, 4.69) is 15.9 Å². The Hall–Kier alpha value is 0.250. The molecule has 0 saturated carbocycles. The van der Waals surface area contributed by atoms with Gasteiger partial charge in [-0.1, -0.05) is 36.7 Å². The van der Waals surface area contributed by atoms with E-state index >= 15 is 0 Å². The third-order valence-electron chi connectivity index (χ3n) is 3.01. The second kappa shape index (κ2) is 6.61. The minimum Gasteiger partial charge on any atom is -0.323 e. The molecule has 0 aliphatic carbocycles. The van der Waals surface area contributed by atoms with Gasteiger partial charge in [-0.2, -0.15) is 11.8 Å². The molecule has 2 unspecified atom stereocenters. The van der Waals surface area contributed by atoms with Crippen LogP contribution in [0.5, 0.6) is 0 Å². The average Bonchev–Trinajstić information content (AvgIpc) is 2.36. The zero-order valence-electron chi connectivity index (χ0n) is 10.9. The molecule has 4 nitrogen and oxygen atoms in total. The van der Waals surface area contributed by atoms with Crippen molar-refractivity contribution >= 4 is 43.4 Å². The van der Waals surface area contributed by atoms with Crippen LogP contribution >= 0.6 is 27.7 Å². The van der Waals surface area contributed by atoms with Crippen molar-refractivity contribution in [3.8, 4) is 0 Å². The lowest BCUT2D eigenvalue weighted by Gasteiger charge is -2.36. The summed E-state index contributed by atoms with van der Waals surface area (Å²) in [6.07, 6.45) is 0. The normalized spacial score (nSPS) is 23.2. The molecule has 2 atom stereocenters. The molecular formula is C11H20BrNO3S2. The first kappa shape index (κ1) is 16.3. The zero-order chi connectivity index (χ0) is 13.9. The summed E-state index contributed by atoms with van der Waals surface area (Å²) in [5.41, 5.74) is 0. The zero-order valence-corrected chi connectivity index (χ0v) is 14.1. The summed E-state index contributed by atoms with van der Waals surface area (Å²) in [7, 11) is -3.21. The third-order valence-corrected chi connectivity index (χ3v) is 7.74. The molecule has 7 heteroatoms. The molecule has 1 aliphatic heterocycles. The molecule has 0 N–H and O–H groups in total. The fourth-order valence-electron chi connectivity index (χ4n) is 1.77. The monoisotopic (exact) mass is 357 g/mol. The van der Waals surface area contributed by atoms with Gasteiger partial charge in [-0.05, 0) is 5.92 Å². The van der Waals surface area contributed by atoms with Crippen LogP contribution in [-0.4, -0.2) is 53.2 Å². The van der Waals surface area contributed by atoms with E-state index in [4.69, 9.17) is 0 Å². The van der Waals surface area contributed by atoms with E-state index < -0.39 is 15.2 Å². The minimum absolute atomic E-state index is 0.0800. The van der Waals surface area contributed by atoms with Gasteiger partial charge in [0.05, 0.1) is 4.83 Å². The molecule has 1 fully saturated rings. The molecule has 0 aromatic heterocycles. The van der Waals surface area contributed by atoms with Gasteiger partial charge in [0.15, 0.2) is 9.84 Å². The van der Waals surface area contributed by atoms with Gasteiger partial charge in [0, 0.05) is 23.8 Å². The van der Waals surface area contributed by atoms with Crippen molar-refractivity contribution in [2.75, 3.05) is 23.8 Å². The Morgan fingerprint density at radius 1 is 1.50 bits per heavy atom. The van der Waals surface area contributed by atoms with Crippen molar-refractivity contribution in [3.05, 3.63) is 0 Å². The Morgan fingerprint density at radius 2 is 2.11 bits per heavy atom. The molecule has 1 aliphatic rings. The lowest BCUT2D eigenvalue weighted by atomic mass is 10.1. The number of hydrogen-bond donors (Lipinski definition) is 0. The SMILES string of the molecule is CCS(=O)(=O)C1CSCCN1C(=O)C(Br)C(C)C. The van der Waals surface area contributed by atoms with Crippen LogP contribution < -0.4 is 0 Å². The van der Waals surface area contributed by atoms with E-state index in [-0.39, 0.29) is 22.4 Å². The Labute approximate surface area is 122 Å².